The standard InChI is InChI=1S/C16H23Cl2N/c1-11-3-6-13(7-4-11)16(19-2)10-12-5-8-14(17)15(18)9-12/h5,8-9,11,13,16,19H,3-4,6-7,10H2,1-2H3. The monoisotopic (exact) mass is 299 g/mol. The maximum atomic E-state index is 6.09. The number of hydrogen-bond acceptors (Lipinski definition) is 1. The lowest BCUT2D eigenvalue weighted by molar-refractivity contribution is 0.235. The number of hydrogen-bond donors (Lipinski definition) is 1. The summed E-state index contributed by atoms with van der Waals surface area (Å²) >= 11 is 12.1. The first-order valence-electron chi connectivity index (χ1n) is 7.21. The molecular weight excluding hydrogens is 277 g/mol. The van der Waals surface area contributed by atoms with Gasteiger partial charge in [0.25, 0.3) is 0 Å². The molecule has 0 bridgehead atoms. The summed E-state index contributed by atoms with van der Waals surface area (Å²) in [7, 11) is 2.07. The molecule has 1 unspecified atom stereocenters. The van der Waals surface area contributed by atoms with E-state index in [2.05, 4.69) is 25.4 Å². The minimum absolute atomic E-state index is 0.546. The molecule has 1 atom stereocenters. The summed E-state index contributed by atoms with van der Waals surface area (Å²) in [5, 5.41) is 4.79. The van der Waals surface area contributed by atoms with Gasteiger partial charge < -0.3 is 5.32 Å². The van der Waals surface area contributed by atoms with E-state index in [1.165, 1.54) is 31.2 Å². The summed E-state index contributed by atoms with van der Waals surface area (Å²) < 4.78 is 0. The van der Waals surface area contributed by atoms with Gasteiger partial charge in [-0.15, -0.1) is 0 Å². The van der Waals surface area contributed by atoms with Crippen molar-refractivity contribution >= 4 is 23.2 Å². The smallest absolute Gasteiger partial charge is 0.0595 e. The molecule has 1 saturated carbocycles. The normalized spacial score (nSPS) is 25.3. The van der Waals surface area contributed by atoms with Crippen LogP contribution in [0.25, 0.3) is 0 Å². The quantitative estimate of drug-likeness (QED) is 0.829. The second-order valence-corrected chi connectivity index (χ2v) is 6.68. The fourth-order valence-corrected chi connectivity index (χ4v) is 3.43. The first-order chi connectivity index (χ1) is 9.10. The highest BCUT2D eigenvalue weighted by molar-refractivity contribution is 6.42. The van der Waals surface area contributed by atoms with Crippen LogP contribution in [0.15, 0.2) is 18.2 Å². The molecule has 1 aliphatic carbocycles. The Morgan fingerprint density at radius 3 is 2.42 bits per heavy atom. The van der Waals surface area contributed by atoms with Gasteiger partial charge in [-0.3, -0.25) is 0 Å². The third-order valence-corrected chi connectivity index (χ3v) is 5.18. The van der Waals surface area contributed by atoms with E-state index < -0.39 is 0 Å². The molecule has 2 rings (SSSR count). The second kappa shape index (κ2) is 6.97. The average Bonchev–Trinajstić information content (AvgIpc) is 2.41. The van der Waals surface area contributed by atoms with Crippen molar-refractivity contribution in [1.82, 2.24) is 5.32 Å². The highest BCUT2D eigenvalue weighted by atomic mass is 35.5. The second-order valence-electron chi connectivity index (χ2n) is 5.87. The van der Waals surface area contributed by atoms with Crippen LogP contribution in [0.2, 0.25) is 10.0 Å². The maximum Gasteiger partial charge on any atom is 0.0595 e. The van der Waals surface area contributed by atoms with Gasteiger partial charge in [-0.2, -0.15) is 0 Å². The zero-order valence-corrected chi connectivity index (χ0v) is 13.3. The Bertz CT molecular complexity index is 411. The van der Waals surface area contributed by atoms with Crippen LogP contribution in [0.5, 0.6) is 0 Å². The van der Waals surface area contributed by atoms with E-state index in [-0.39, 0.29) is 0 Å². The summed E-state index contributed by atoms with van der Waals surface area (Å²) in [6.45, 7) is 2.36. The maximum absolute atomic E-state index is 6.09. The van der Waals surface area contributed by atoms with E-state index in [1.54, 1.807) is 0 Å². The van der Waals surface area contributed by atoms with E-state index in [4.69, 9.17) is 23.2 Å². The lowest BCUT2D eigenvalue weighted by Gasteiger charge is -2.32. The highest BCUT2D eigenvalue weighted by Crippen LogP contribution is 2.32. The van der Waals surface area contributed by atoms with Gasteiger partial charge in [0.15, 0.2) is 0 Å². The zero-order valence-electron chi connectivity index (χ0n) is 11.8. The van der Waals surface area contributed by atoms with Gasteiger partial charge in [0.2, 0.25) is 0 Å². The van der Waals surface area contributed by atoms with Crippen LogP contribution in [0.3, 0.4) is 0 Å². The fourth-order valence-electron chi connectivity index (χ4n) is 3.11. The SMILES string of the molecule is CNC(Cc1ccc(Cl)c(Cl)c1)C1CCC(C)CC1. The Labute approximate surface area is 126 Å². The third kappa shape index (κ3) is 4.11. The summed E-state index contributed by atoms with van der Waals surface area (Å²) in [6.07, 6.45) is 6.45. The molecule has 0 aliphatic heterocycles. The molecule has 1 fully saturated rings. The van der Waals surface area contributed by atoms with Gasteiger partial charge in [0, 0.05) is 6.04 Å². The van der Waals surface area contributed by atoms with Crippen molar-refractivity contribution in [2.24, 2.45) is 11.8 Å². The molecule has 106 valence electrons. The molecule has 0 aromatic heterocycles. The molecule has 0 spiro atoms. The Kier molecular flexibility index (Phi) is 5.56. The highest BCUT2D eigenvalue weighted by Gasteiger charge is 2.25. The zero-order chi connectivity index (χ0) is 13.8. The van der Waals surface area contributed by atoms with Gasteiger partial charge in [0.05, 0.1) is 10.0 Å². The minimum Gasteiger partial charge on any atom is -0.316 e. The number of benzene rings is 1. The van der Waals surface area contributed by atoms with E-state index in [9.17, 15) is 0 Å². The molecule has 1 aromatic carbocycles. The summed E-state index contributed by atoms with van der Waals surface area (Å²) in [6, 6.07) is 6.53. The van der Waals surface area contributed by atoms with Gasteiger partial charge in [0.1, 0.15) is 0 Å². The average molecular weight is 300 g/mol. The van der Waals surface area contributed by atoms with Crippen molar-refractivity contribution in [2.75, 3.05) is 7.05 Å². The van der Waals surface area contributed by atoms with E-state index in [1.807, 2.05) is 12.1 Å². The number of rotatable bonds is 4. The number of nitrogens with one attached hydrogen (secondary N) is 1. The lowest BCUT2D eigenvalue weighted by Crippen LogP contribution is -2.37. The van der Waals surface area contributed by atoms with Crippen LogP contribution >= 0.6 is 23.2 Å². The Morgan fingerprint density at radius 1 is 1.16 bits per heavy atom. The van der Waals surface area contributed by atoms with Gasteiger partial charge >= 0.3 is 0 Å². The van der Waals surface area contributed by atoms with E-state index in [0.29, 0.717) is 16.1 Å². The molecular formula is C16H23Cl2N. The van der Waals surface area contributed by atoms with Gasteiger partial charge in [-0.25, -0.2) is 0 Å². The Balaban J connectivity index is 2.00. The van der Waals surface area contributed by atoms with Crippen LogP contribution < -0.4 is 5.32 Å². The van der Waals surface area contributed by atoms with E-state index in [0.717, 1.165) is 18.3 Å². The number of halogens is 2. The molecule has 1 aromatic rings. The molecule has 1 nitrogen and oxygen atoms in total. The molecule has 3 heteroatoms. The molecule has 0 heterocycles. The van der Waals surface area contributed by atoms with Crippen molar-refractivity contribution in [2.45, 2.75) is 45.1 Å². The Hall–Kier alpha value is -0.240. The predicted molar refractivity (Wildman–Crippen MR) is 84.1 cm³/mol. The van der Waals surface area contributed by atoms with Crippen molar-refractivity contribution in [3.8, 4) is 0 Å². The fraction of sp³-hybridized carbons (Fsp3) is 0.625. The molecule has 1 aliphatic rings. The van der Waals surface area contributed by atoms with Crippen molar-refractivity contribution in [3.05, 3.63) is 33.8 Å². The molecule has 0 saturated heterocycles. The van der Waals surface area contributed by atoms with Crippen molar-refractivity contribution in [1.29, 1.82) is 0 Å². The largest absolute Gasteiger partial charge is 0.316 e. The molecule has 1 N–H and O–H groups in total. The first kappa shape index (κ1) is 15.2. The summed E-state index contributed by atoms with van der Waals surface area (Å²) in [4.78, 5) is 0. The van der Waals surface area contributed by atoms with E-state index >= 15 is 0 Å². The third-order valence-electron chi connectivity index (χ3n) is 4.44. The van der Waals surface area contributed by atoms with Crippen molar-refractivity contribution in [3.63, 3.8) is 0 Å². The number of likely N-dealkylation sites (N-methyl/N-ethyl adjacent to an activating group) is 1. The van der Waals surface area contributed by atoms with Crippen molar-refractivity contribution < 1.29 is 0 Å². The van der Waals surface area contributed by atoms with Crippen LogP contribution in [0.1, 0.15) is 38.2 Å². The molecule has 0 amide bonds. The minimum atomic E-state index is 0.546. The topological polar surface area (TPSA) is 12.0 Å². The van der Waals surface area contributed by atoms with Crippen LogP contribution in [-0.2, 0) is 6.42 Å². The predicted octanol–water partition coefficient (Wildman–Crippen LogP) is 4.95. The lowest BCUT2D eigenvalue weighted by atomic mass is 9.78. The Morgan fingerprint density at radius 2 is 1.84 bits per heavy atom. The summed E-state index contributed by atoms with van der Waals surface area (Å²) in [5.41, 5.74) is 1.27. The molecule has 0 radical (unpaired) electrons. The molecule has 19 heavy (non-hydrogen) atoms. The van der Waals surface area contributed by atoms with Crippen LogP contribution in [-0.4, -0.2) is 13.1 Å². The summed E-state index contributed by atoms with van der Waals surface area (Å²) in [5.74, 6) is 1.69. The van der Waals surface area contributed by atoms with Crippen LogP contribution in [0.4, 0.5) is 0 Å². The van der Waals surface area contributed by atoms with Gasteiger partial charge in [-0.05, 0) is 55.8 Å². The van der Waals surface area contributed by atoms with Crippen LogP contribution in [0, 0.1) is 11.8 Å². The van der Waals surface area contributed by atoms with Gasteiger partial charge in [-0.1, -0.05) is 49.0 Å². The first-order valence-corrected chi connectivity index (χ1v) is 7.97.